The van der Waals surface area contributed by atoms with Gasteiger partial charge in [0.25, 0.3) is 5.69 Å². The van der Waals surface area contributed by atoms with Crippen molar-refractivity contribution < 1.29 is 14.8 Å². The van der Waals surface area contributed by atoms with E-state index in [0.29, 0.717) is 0 Å². The van der Waals surface area contributed by atoms with E-state index in [1.165, 1.54) is 41.6 Å². The minimum absolute atomic E-state index is 0.176. The zero-order valence-electron chi connectivity index (χ0n) is 10.0. The molecule has 0 radical (unpaired) electrons. The van der Waals surface area contributed by atoms with Crippen molar-refractivity contribution in [2.75, 3.05) is 5.43 Å². The largest absolute Gasteiger partial charge is 0.477 e. The van der Waals surface area contributed by atoms with Crippen molar-refractivity contribution in [3.8, 4) is 0 Å². The van der Waals surface area contributed by atoms with Gasteiger partial charge in [-0.15, -0.1) is 10.2 Å². The fourth-order valence-electron chi connectivity index (χ4n) is 1.47. The molecule has 2 rings (SSSR count). The molecule has 2 aromatic rings. The fraction of sp³-hybridized carbons (Fsp3) is 0. The standard InChI is InChI=1S/C11H9N5O4/c17-11(18)9(14-15-6-12-13-7-15)5-8-3-1-2-4-10(8)16(19)20/h1-7,14H,(H,17,18)/b9-5+. The lowest BCUT2D eigenvalue weighted by Crippen LogP contribution is -2.18. The lowest BCUT2D eigenvalue weighted by Gasteiger charge is -2.06. The molecule has 0 amide bonds. The maximum atomic E-state index is 11.2. The monoisotopic (exact) mass is 275 g/mol. The molecule has 0 bridgehead atoms. The number of aromatic nitrogens is 3. The summed E-state index contributed by atoms with van der Waals surface area (Å²) in [6.07, 6.45) is 3.69. The van der Waals surface area contributed by atoms with Crippen molar-refractivity contribution in [3.05, 3.63) is 58.3 Å². The van der Waals surface area contributed by atoms with E-state index < -0.39 is 10.9 Å². The molecule has 0 fully saturated rings. The second kappa shape index (κ2) is 5.61. The average molecular weight is 275 g/mol. The number of rotatable bonds is 5. The molecule has 0 aliphatic carbocycles. The number of carboxylic acids is 1. The molecule has 0 aliphatic heterocycles. The summed E-state index contributed by atoms with van der Waals surface area (Å²) in [4.78, 5) is 21.5. The number of carbonyl (C=O) groups is 1. The van der Waals surface area contributed by atoms with E-state index in [4.69, 9.17) is 5.11 Å². The lowest BCUT2D eigenvalue weighted by atomic mass is 10.1. The Labute approximate surface area is 112 Å². The van der Waals surface area contributed by atoms with E-state index in [1.54, 1.807) is 6.07 Å². The maximum Gasteiger partial charge on any atom is 0.353 e. The number of hydrogen-bond acceptors (Lipinski definition) is 6. The number of nitrogens with one attached hydrogen (secondary N) is 1. The van der Waals surface area contributed by atoms with Gasteiger partial charge in [0.2, 0.25) is 0 Å². The highest BCUT2D eigenvalue weighted by atomic mass is 16.6. The summed E-state index contributed by atoms with van der Waals surface area (Å²) in [7, 11) is 0. The summed E-state index contributed by atoms with van der Waals surface area (Å²) in [5.74, 6) is -1.27. The van der Waals surface area contributed by atoms with Gasteiger partial charge in [0, 0.05) is 6.07 Å². The van der Waals surface area contributed by atoms with E-state index in [0.717, 1.165) is 0 Å². The zero-order valence-corrected chi connectivity index (χ0v) is 10.0. The van der Waals surface area contributed by atoms with Gasteiger partial charge in [0.05, 0.1) is 10.5 Å². The first kappa shape index (κ1) is 13.2. The average Bonchev–Trinajstić information content (AvgIpc) is 2.91. The third-order valence-electron chi connectivity index (χ3n) is 2.33. The van der Waals surface area contributed by atoms with Gasteiger partial charge in [-0.3, -0.25) is 15.5 Å². The van der Waals surface area contributed by atoms with Gasteiger partial charge in [-0.05, 0) is 12.1 Å². The molecule has 0 atom stereocenters. The molecule has 0 saturated carbocycles. The molecule has 102 valence electrons. The Morgan fingerprint density at radius 1 is 1.35 bits per heavy atom. The van der Waals surface area contributed by atoms with Crippen molar-refractivity contribution in [2.24, 2.45) is 0 Å². The van der Waals surface area contributed by atoms with Crippen LogP contribution in [0.1, 0.15) is 5.56 Å². The Morgan fingerprint density at radius 2 is 2.00 bits per heavy atom. The van der Waals surface area contributed by atoms with Crippen LogP contribution in [-0.4, -0.2) is 30.9 Å². The first-order valence-corrected chi connectivity index (χ1v) is 5.38. The topological polar surface area (TPSA) is 123 Å². The summed E-state index contributed by atoms with van der Waals surface area (Å²) in [5, 5.41) is 27.0. The molecule has 0 saturated heterocycles. The summed E-state index contributed by atoms with van der Waals surface area (Å²) in [6.45, 7) is 0. The van der Waals surface area contributed by atoms with Crippen LogP contribution in [-0.2, 0) is 4.79 Å². The summed E-state index contributed by atoms with van der Waals surface area (Å²) in [6, 6.07) is 5.83. The number of nitrogens with zero attached hydrogens (tertiary/aromatic N) is 4. The van der Waals surface area contributed by atoms with Crippen LogP contribution in [0.4, 0.5) is 5.69 Å². The molecule has 2 N–H and O–H groups in total. The van der Waals surface area contributed by atoms with Crippen LogP contribution < -0.4 is 5.43 Å². The highest BCUT2D eigenvalue weighted by Gasteiger charge is 2.14. The van der Waals surface area contributed by atoms with E-state index in [1.807, 2.05) is 0 Å². The maximum absolute atomic E-state index is 11.2. The summed E-state index contributed by atoms with van der Waals surface area (Å²) >= 11 is 0. The van der Waals surface area contributed by atoms with Crippen molar-refractivity contribution in [1.29, 1.82) is 0 Å². The second-order valence-corrected chi connectivity index (χ2v) is 3.66. The molecule has 0 aliphatic rings. The Bertz CT molecular complexity index is 665. The van der Waals surface area contributed by atoms with Gasteiger partial charge >= 0.3 is 5.97 Å². The molecular weight excluding hydrogens is 266 g/mol. The third kappa shape index (κ3) is 2.96. The van der Waals surface area contributed by atoms with Crippen LogP contribution in [0.5, 0.6) is 0 Å². The van der Waals surface area contributed by atoms with E-state index in [2.05, 4.69) is 15.6 Å². The molecule has 1 aromatic heterocycles. The third-order valence-corrected chi connectivity index (χ3v) is 2.33. The highest BCUT2D eigenvalue weighted by molar-refractivity contribution is 5.94. The highest BCUT2D eigenvalue weighted by Crippen LogP contribution is 2.20. The number of para-hydroxylation sites is 1. The van der Waals surface area contributed by atoms with E-state index in [-0.39, 0.29) is 16.9 Å². The van der Waals surface area contributed by atoms with Crippen molar-refractivity contribution in [2.45, 2.75) is 0 Å². The molecule has 1 aromatic carbocycles. The molecule has 0 unspecified atom stereocenters. The van der Waals surface area contributed by atoms with Crippen LogP contribution in [0.3, 0.4) is 0 Å². The van der Waals surface area contributed by atoms with Gasteiger partial charge in [0.1, 0.15) is 18.4 Å². The SMILES string of the molecule is O=C(O)/C(=C\c1ccccc1[N+](=O)[O-])Nn1cnnc1. The molecule has 20 heavy (non-hydrogen) atoms. The molecule has 9 heteroatoms. The Kier molecular flexibility index (Phi) is 3.70. The van der Waals surface area contributed by atoms with Gasteiger partial charge in [-0.1, -0.05) is 12.1 Å². The van der Waals surface area contributed by atoms with E-state index >= 15 is 0 Å². The molecule has 0 spiro atoms. The van der Waals surface area contributed by atoms with Crippen LogP contribution in [0.15, 0.2) is 42.6 Å². The van der Waals surface area contributed by atoms with Crippen LogP contribution in [0.2, 0.25) is 0 Å². The minimum atomic E-state index is -1.27. The predicted octanol–water partition coefficient (Wildman–Crippen LogP) is 0.855. The predicted molar refractivity (Wildman–Crippen MR) is 68.1 cm³/mol. The quantitative estimate of drug-likeness (QED) is 0.471. The second-order valence-electron chi connectivity index (χ2n) is 3.66. The first-order chi connectivity index (χ1) is 9.58. The van der Waals surface area contributed by atoms with Gasteiger partial charge in [-0.25, -0.2) is 9.47 Å². The number of nitro benzene ring substituents is 1. The summed E-state index contributed by atoms with van der Waals surface area (Å²) in [5.41, 5.74) is 2.25. The van der Waals surface area contributed by atoms with Crippen molar-refractivity contribution in [1.82, 2.24) is 14.9 Å². The van der Waals surface area contributed by atoms with Gasteiger partial charge in [-0.2, -0.15) is 0 Å². The molecular formula is C11H9N5O4. The molecule has 1 heterocycles. The van der Waals surface area contributed by atoms with Crippen molar-refractivity contribution >= 4 is 17.7 Å². The summed E-state index contributed by atoms with van der Waals surface area (Å²) < 4.78 is 1.22. The van der Waals surface area contributed by atoms with Gasteiger partial charge < -0.3 is 5.11 Å². The van der Waals surface area contributed by atoms with E-state index in [9.17, 15) is 14.9 Å². The zero-order chi connectivity index (χ0) is 14.5. The minimum Gasteiger partial charge on any atom is -0.477 e. The van der Waals surface area contributed by atoms with Crippen LogP contribution in [0, 0.1) is 10.1 Å². The van der Waals surface area contributed by atoms with Crippen LogP contribution >= 0.6 is 0 Å². The number of hydrogen-bond donors (Lipinski definition) is 2. The fourth-order valence-corrected chi connectivity index (χ4v) is 1.47. The Morgan fingerprint density at radius 3 is 2.60 bits per heavy atom. The lowest BCUT2D eigenvalue weighted by molar-refractivity contribution is -0.385. The Hall–Kier alpha value is -3.23. The normalized spacial score (nSPS) is 11.1. The smallest absolute Gasteiger partial charge is 0.353 e. The Balaban J connectivity index is 2.39. The molecule has 9 nitrogen and oxygen atoms in total. The number of nitro groups is 1. The number of aliphatic carboxylic acids is 1. The number of benzene rings is 1. The van der Waals surface area contributed by atoms with Crippen LogP contribution in [0.25, 0.3) is 6.08 Å². The van der Waals surface area contributed by atoms with Crippen molar-refractivity contribution in [3.63, 3.8) is 0 Å². The van der Waals surface area contributed by atoms with Gasteiger partial charge in [0.15, 0.2) is 0 Å². The number of carboxylic acid groups (broad SMARTS) is 1. The first-order valence-electron chi connectivity index (χ1n) is 5.38.